The van der Waals surface area contributed by atoms with Gasteiger partial charge in [-0.25, -0.2) is 0 Å². The number of rotatable bonds is 3. The van der Waals surface area contributed by atoms with E-state index >= 15 is 0 Å². The zero-order chi connectivity index (χ0) is 24.4. The Morgan fingerprint density at radius 3 is 2.17 bits per heavy atom. The monoisotopic (exact) mass is 469 g/mol. The molecule has 0 amide bonds. The molecule has 8 atom stereocenters. The van der Waals surface area contributed by atoms with E-state index in [0.29, 0.717) is 23.0 Å². The first-order chi connectivity index (χ1) is 16.8. The van der Waals surface area contributed by atoms with Crippen molar-refractivity contribution in [3.8, 4) is 11.1 Å². The lowest BCUT2D eigenvalue weighted by Gasteiger charge is -2.65. The molecule has 4 fully saturated rings. The lowest BCUT2D eigenvalue weighted by molar-refractivity contribution is -0.128. The van der Waals surface area contributed by atoms with Gasteiger partial charge < -0.3 is 5.73 Å². The van der Waals surface area contributed by atoms with Gasteiger partial charge in [0, 0.05) is 17.0 Å². The molecule has 2 heteroatoms. The molecule has 0 radical (unpaired) electrons. The maximum Gasteiger partial charge on any atom is 0.166 e. The molecule has 4 aliphatic carbocycles. The fraction of sp³-hybridized carbons (Fsp3) is 0.606. The van der Waals surface area contributed by atoms with Crippen LogP contribution < -0.4 is 5.73 Å². The molecule has 186 valence electrons. The zero-order valence-corrected chi connectivity index (χ0v) is 21.9. The van der Waals surface area contributed by atoms with Crippen LogP contribution >= 0.6 is 0 Å². The van der Waals surface area contributed by atoms with Gasteiger partial charge in [0.1, 0.15) is 0 Å². The molecule has 0 bridgehead atoms. The van der Waals surface area contributed by atoms with E-state index < -0.39 is 0 Å². The van der Waals surface area contributed by atoms with Crippen LogP contribution in [-0.2, 0) is 0 Å². The first kappa shape index (κ1) is 23.5. The Labute approximate surface area is 212 Å². The van der Waals surface area contributed by atoms with Crippen LogP contribution in [0.2, 0.25) is 0 Å². The minimum Gasteiger partial charge on any atom is -0.325 e. The van der Waals surface area contributed by atoms with Crippen LogP contribution in [0.5, 0.6) is 0 Å². The van der Waals surface area contributed by atoms with Crippen LogP contribution in [0.4, 0.5) is 0 Å². The first-order valence-corrected chi connectivity index (χ1v) is 14.2. The van der Waals surface area contributed by atoms with Gasteiger partial charge in [-0.1, -0.05) is 81.8 Å². The summed E-state index contributed by atoms with van der Waals surface area (Å²) in [5, 5.41) is 0. The second-order valence-electron chi connectivity index (χ2n) is 13.3. The van der Waals surface area contributed by atoms with Crippen LogP contribution in [0, 0.1) is 40.4 Å². The molecular formula is C33H43NO. The Morgan fingerprint density at radius 2 is 1.43 bits per heavy atom. The van der Waals surface area contributed by atoms with Crippen LogP contribution in [0.15, 0.2) is 54.6 Å². The first-order valence-electron chi connectivity index (χ1n) is 14.2. The summed E-state index contributed by atoms with van der Waals surface area (Å²) < 4.78 is 0. The Balaban J connectivity index is 1.25. The van der Waals surface area contributed by atoms with Gasteiger partial charge in [-0.15, -0.1) is 0 Å². The summed E-state index contributed by atoms with van der Waals surface area (Å²) in [4.78, 5) is 13.9. The van der Waals surface area contributed by atoms with Gasteiger partial charge in [0.2, 0.25) is 0 Å². The Kier molecular flexibility index (Phi) is 5.57. The number of hydrogen-bond acceptors (Lipinski definition) is 2. The van der Waals surface area contributed by atoms with Crippen molar-refractivity contribution in [1.82, 2.24) is 0 Å². The molecule has 4 saturated carbocycles. The number of ketones is 1. The summed E-state index contributed by atoms with van der Waals surface area (Å²) in [5.74, 6) is 3.27. The molecule has 4 aliphatic rings. The van der Waals surface area contributed by atoms with E-state index in [1.54, 1.807) is 0 Å². The predicted octanol–water partition coefficient (Wildman–Crippen LogP) is 7.91. The van der Waals surface area contributed by atoms with Crippen molar-refractivity contribution in [2.45, 2.75) is 84.1 Å². The number of nitrogens with two attached hydrogens (primary N) is 1. The maximum absolute atomic E-state index is 13.9. The molecule has 6 rings (SSSR count). The highest BCUT2D eigenvalue weighted by Crippen LogP contribution is 2.68. The van der Waals surface area contributed by atoms with E-state index in [0.717, 1.165) is 43.1 Å². The van der Waals surface area contributed by atoms with Crippen LogP contribution in [-0.4, -0.2) is 11.3 Å². The topological polar surface area (TPSA) is 43.1 Å². The van der Waals surface area contributed by atoms with Gasteiger partial charge in [0.15, 0.2) is 5.78 Å². The number of fused-ring (bicyclic) bond motifs is 5. The number of carbonyl (C=O) groups excluding carboxylic acids is 1. The van der Waals surface area contributed by atoms with E-state index in [4.69, 9.17) is 5.73 Å². The fourth-order valence-corrected chi connectivity index (χ4v) is 9.78. The average molecular weight is 470 g/mol. The average Bonchev–Trinajstić information content (AvgIpc) is 3.23. The fourth-order valence-electron chi connectivity index (χ4n) is 9.78. The molecule has 2 aromatic rings. The lowest BCUT2D eigenvalue weighted by atomic mass is 9.41. The molecule has 0 spiro atoms. The van der Waals surface area contributed by atoms with Crippen molar-refractivity contribution in [2.24, 2.45) is 46.2 Å². The molecule has 2 N–H and O–H groups in total. The summed E-state index contributed by atoms with van der Waals surface area (Å²) in [6, 6.07) is 18.8. The summed E-state index contributed by atoms with van der Waals surface area (Å²) in [5.41, 5.74) is 11.1. The lowest BCUT2D eigenvalue weighted by Crippen LogP contribution is -2.68. The minimum atomic E-state index is -0.0922. The van der Waals surface area contributed by atoms with E-state index in [2.05, 4.69) is 69.3 Å². The normalized spacial score (nSPS) is 42.6. The van der Waals surface area contributed by atoms with Crippen molar-refractivity contribution in [2.75, 3.05) is 0 Å². The molecule has 2 aromatic carbocycles. The van der Waals surface area contributed by atoms with Crippen LogP contribution in [0.1, 0.15) is 88.9 Å². The standard InChI is InChI=1S/C33H43NO/c1-22-15-18-31(2)26(21-22)16-20-33(34)28-14-13-27(32(28,3)19-17-29(31)33)30(35)25-11-9-24(10-12-25)23-7-5-4-6-8-23/h4-12,22,26-29H,13-21,34H2,1-3H3/t22-,26+,27+,28?,29?,31-,32+,33+/m0/s1. The summed E-state index contributed by atoms with van der Waals surface area (Å²) >= 11 is 0. The van der Waals surface area contributed by atoms with E-state index in [9.17, 15) is 4.79 Å². The number of benzene rings is 2. The van der Waals surface area contributed by atoms with Crippen molar-refractivity contribution >= 4 is 5.78 Å². The third-order valence-corrected chi connectivity index (χ3v) is 11.7. The third-order valence-electron chi connectivity index (χ3n) is 11.7. The molecule has 0 aromatic heterocycles. The molecule has 0 heterocycles. The second kappa shape index (κ2) is 8.30. The molecular weight excluding hydrogens is 426 g/mol. The molecule has 35 heavy (non-hydrogen) atoms. The number of Topliss-reactive ketones (excluding diaryl/α,β-unsaturated/α-hetero) is 1. The maximum atomic E-state index is 13.9. The summed E-state index contributed by atoms with van der Waals surface area (Å²) in [6.07, 6.45) is 11.1. The van der Waals surface area contributed by atoms with E-state index in [1.807, 2.05) is 6.07 Å². The van der Waals surface area contributed by atoms with Gasteiger partial charge in [-0.2, -0.15) is 0 Å². The smallest absolute Gasteiger partial charge is 0.166 e. The minimum absolute atomic E-state index is 0.0333. The Bertz CT molecular complexity index is 1090. The highest BCUT2D eigenvalue weighted by Gasteiger charge is 2.66. The Hall–Kier alpha value is -1.93. The summed E-state index contributed by atoms with van der Waals surface area (Å²) in [7, 11) is 0. The SMILES string of the molecule is C[C@H]1CC[C@]2(C)C3CC[C@@]4(C)C(CC[C@@H]4C(=O)c4ccc(-c5ccccc5)cc4)[C@]3(N)CC[C@@H]2C1. The van der Waals surface area contributed by atoms with Crippen molar-refractivity contribution in [1.29, 1.82) is 0 Å². The summed E-state index contributed by atoms with van der Waals surface area (Å²) in [6.45, 7) is 7.46. The van der Waals surface area contributed by atoms with Gasteiger partial charge in [-0.05, 0) is 97.0 Å². The van der Waals surface area contributed by atoms with Gasteiger partial charge in [0.05, 0.1) is 0 Å². The number of carbonyl (C=O) groups is 1. The van der Waals surface area contributed by atoms with Gasteiger partial charge >= 0.3 is 0 Å². The van der Waals surface area contributed by atoms with E-state index in [-0.39, 0.29) is 16.9 Å². The zero-order valence-electron chi connectivity index (χ0n) is 21.9. The second-order valence-corrected chi connectivity index (χ2v) is 13.3. The van der Waals surface area contributed by atoms with Crippen molar-refractivity contribution < 1.29 is 4.79 Å². The quantitative estimate of drug-likeness (QED) is 0.464. The third kappa shape index (κ3) is 3.50. The van der Waals surface area contributed by atoms with E-state index in [1.165, 1.54) is 43.2 Å². The van der Waals surface area contributed by atoms with Gasteiger partial charge in [-0.3, -0.25) is 4.79 Å². The molecule has 2 nitrogen and oxygen atoms in total. The predicted molar refractivity (Wildman–Crippen MR) is 144 cm³/mol. The molecule has 0 saturated heterocycles. The molecule has 2 unspecified atom stereocenters. The van der Waals surface area contributed by atoms with Crippen molar-refractivity contribution in [3.05, 3.63) is 60.2 Å². The highest BCUT2D eigenvalue weighted by molar-refractivity contribution is 5.99. The largest absolute Gasteiger partial charge is 0.325 e. The van der Waals surface area contributed by atoms with Crippen LogP contribution in [0.3, 0.4) is 0 Å². The highest BCUT2D eigenvalue weighted by atomic mass is 16.1. The van der Waals surface area contributed by atoms with Gasteiger partial charge in [0.25, 0.3) is 0 Å². The Morgan fingerprint density at radius 1 is 0.771 bits per heavy atom. The molecule has 0 aliphatic heterocycles. The van der Waals surface area contributed by atoms with Crippen molar-refractivity contribution in [3.63, 3.8) is 0 Å². The number of hydrogen-bond donors (Lipinski definition) is 1. The van der Waals surface area contributed by atoms with Crippen LogP contribution in [0.25, 0.3) is 11.1 Å².